The maximum atomic E-state index is 12.4. The van der Waals surface area contributed by atoms with Crippen LogP contribution in [0, 0.1) is 5.92 Å². The zero-order valence-corrected chi connectivity index (χ0v) is 16.5. The first-order chi connectivity index (χ1) is 13.9. The minimum atomic E-state index is -4.68. The maximum Gasteiger partial charge on any atom is 0.573 e. The lowest BCUT2D eigenvalue weighted by molar-refractivity contribution is -0.274. The van der Waals surface area contributed by atoms with Gasteiger partial charge >= 0.3 is 6.36 Å². The van der Waals surface area contributed by atoms with Gasteiger partial charge in [-0.15, -0.1) is 13.2 Å². The molecule has 1 aliphatic rings. The molecule has 4 rings (SSSR count). The summed E-state index contributed by atoms with van der Waals surface area (Å²) in [7, 11) is 0. The predicted molar refractivity (Wildman–Crippen MR) is 111 cm³/mol. The van der Waals surface area contributed by atoms with Crippen molar-refractivity contribution in [3.63, 3.8) is 0 Å². The fourth-order valence-electron chi connectivity index (χ4n) is 4.45. The molecule has 3 aromatic rings. The summed E-state index contributed by atoms with van der Waals surface area (Å²) in [5.74, 6) is 1.36. The predicted octanol–water partition coefficient (Wildman–Crippen LogP) is 8.09. The van der Waals surface area contributed by atoms with Gasteiger partial charge in [0.1, 0.15) is 5.75 Å². The van der Waals surface area contributed by atoms with Gasteiger partial charge in [-0.2, -0.15) is 0 Å². The molecule has 29 heavy (non-hydrogen) atoms. The minimum Gasteiger partial charge on any atom is -0.406 e. The van der Waals surface area contributed by atoms with Crippen molar-refractivity contribution in [2.24, 2.45) is 5.92 Å². The summed E-state index contributed by atoms with van der Waals surface area (Å²) in [6.45, 7) is 2.29. The van der Waals surface area contributed by atoms with Gasteiger partial charge in [-0.3, -0.25) is 0 Å². The summed E-state index contributed by atoms with van der Waals surface area (Å²) in [6, 6.07) is 19.0. The number of hydrogen-bond acceptors (Lipinski definition) is 1. The van der Waals surface area contributed by atoms with Gasteiger partial charge in [0, 0.05) is 0 Å². The van der Waals surface area contributed by atoms with E-state index in [1.54, 1.807) is 6.07 Å². The Morgan fingerprint density at radius 2 is 1.41 bits per heavy atom. The van der Waals surface area contributed by atoms with E-state index in [2.05, 4.69) is 35.9 Å². The molecular weight excluding hydrogens is 373 g/mol. The summed E-state index contributed by atoms with van der Waals surface area (Å²) in [4.78, 5) is 0. The summed E-state index contributed by atoms with van der Waals surface area (Å²) in [5, 5.41) is 1.61. The Bertz CT molecular complexity index is 968. The van der Waals surface area contributed by atoms with Gasteiger partial charge in [0.05, 0.1) is 0 Å². The first-order valence-corrected chi connectivity index (χ1v) is 10.3. The van der Waals surface area contributed by atoms with E-state index in [1.165, 1.54) is 49.8 Å². The molecule has 0 saturated heterocycles. The van der Waals surface area contributed by atoms with Crippen molar-refractivity contribution in [3.05, 3.63) is 66.2 Å². The zero-order valence-electron chi connectivity index (χ0n) is 16.5. The smallest absolute Gasteiger partial charge is 0.406 e. The van der Waals surface area contributed by atoms with Crippen LogP contribution in [-0.4, -0.2) is 6.36 Å². The average molecular weight is 398 g/mol. The van der Waals surface area contributed by atoms with Crippen molar-refractivity contribution < 1.29 is 17.9 Å². The number of halogens is 3. The first-order valence-electron chi connectivity index (χ1n) is 10.3. The molecule has 1 nitrogen and oxygen atoms in total. The van der Waals surface area contributed by atoms with Crippen molar-refractivity contribution >= 4 is 10.8 Å². The SMILES string of the molecule is CC[C@H]1CC[C@H](c2ccc(-c3ccc4cc(OC(F)(F)F)ccc4c3)cc2)CC1. The van der Waals surface area contributed by atoms with E-state index < -0.39 is 6.36 Å². The fourth-order valence-corrected chi connectivity index (χ4v) is 4.45. The fraction of sp³-hybridized carbons (Fsp3) is 0.360. The normalized spacial score (nSPS) is 20.0. The molecule has 0 amide bonds. The molecule has 0 unspecified atom stereocenters. The third-order valence-corrected chi connectivity index (χ3v) is 6.18. The van der Waals surface area contributed by atoms with E-state index in [-0.39, 0.29) is 5.75 Å². The molecule has 1 aliphatic carbocycles. The zero-order chi connectivity index (χ0) is 20.4. The highest BCUT2D eigenvalue weighted by atomic mass is 19.4. The molecule has 1 fully saturated rings. The Kier molecular flexibility index (Phi) is 5.53. The number of fused-ring (bicyclic) bond motifs is 1. The van der Waals surface area contributed by atoms with Crippen LogP contribution >= 0.6 is 0 Å². The van der Waals surface area contributed by atoms with Crippen LogP contribution in [0.1, 0.15) is 50.5 Å². The van der Waals surface area contributed by atoms with E-state index in [4.69, 9.17) is 0 Å². The van der Waals surface area contributed by atoms with Crippen molar-refractivity contribution in [1.29, 1.82) is 0 Å². The van der Waals surface area contributed by atoms with Crippen molar-refractivity contribution in [1.82, 2.24) is 0 Å². The Balaban J connectivity index is 1.51. The second-order valence-corrected chi connectivity index (χ2v) is 8.02. The van der Waals surface area contributed by atoms with Gasteiger partial charge in [0.2, 0.25) is 0 Å². The van der Waals surface area contributed by atoms with Crippen LogP contribution in [0.4, 0.5) is 13.2 Å². The van der Waals surface area contributed by atoms with Gasteiger partial charge in [-0.25, -0.2) is 0 Å². The van der Waals surface area contributed by atoms with Gasteiger partial charge in [-0.05, 0) is 83.2 Å². The van der Waals surface area contributed by atoms with Crippen LogP contribution in [0.25, 0.3) is 21.9 Å². The highest BCUT2D eigenvalue weighted by molar-refractivity contribution is 5.88. The van der Waals surface area contributed by atoms with E-state index in [1.807, 2.05) is 18.2 Å². The monoisotopic (exact) mass is 398 g/mol. The largest absolute Gasteiger partial charge is 0.573 e. The third kappa shape index (κ3) is 4.75. The van der Waals surface area contributed by atoms with Crippen LogP contribution in [0.15, 0.2) is 60.7 Å². The molecule has 0 heterocycles. The third-order valence-electron chi connectivity index (χ3n) is 6.18. The number of alkyl halides is 3. The Morgan fingerprint density at radius 3 is 2.07 bits per heavy atom. The number of rotatable bonds is 4. The molecule has 1 saturated carbocycles. The van der Waals surface area contributed by atoms with Crippen LogP contribution in [0.5, 0.6) is 5.75 Å². The van der Waals surface area contributed by atoms with Crippen LogP contribution in [-0.2, 0) is 0 Å². The molecule has 0 spiro atoms. The molecule has 0 N–H and O–H groups in total. The van der Waals surface area contributed by atoms with Crippen LogP contribution in [0.2, 0.25) is 0 Å². The molecule has 152 valence electrons. The topological polar surface area (TPSA) is 9.23 Å². The molecular formula is C25H25F3O. The van der Waals surface area contributed by atoms with Gasteiger partial charge < -0.3 is 4.74 Å². The standard InChI is InChI=1S/C25H25F3O/c1-2-17-3-5-18(6-4-17)19-7-9-20(10-8-19)21-11-12-23-16-24(29-25(26,27)28)14-13-22(23)15-21/h7-18H,2-6H2,1H3/t17-,18-. The van der Waals surface area contributed by atoms with Crippen molar-refractivity contribution in [2.75, 3.05) is 0 Å². The molecule has 0 atom stereocenters. The maximum absolute atomic E-state index is 12.4. The lowest BCUT2D eigenvalue weighted by Gasteiger charge is -2.28. The summed E-state index contributed by atoms with van der Waals surface area (Å²) in [5.41, 5.74) is 3.59. The van der Waals surface area contributed by atoms with Gasteiger partial charge in [0.25, 0.3) is 0 Å². The lowest BCUT2D eigenvalue weighted by atomic mass is 9.77. The van der Waals surface area contributed by atoms with Crippen LogP contribution in [0.3, 0.4) is 0 Å². The van der Waals surface area contributed by atoms with E-state index in [0.717, 1.165) is 27.8 Å². The Labute approximate surface area is 169 Å². The molecule has 0 aromatic heterocycles. The summed E-state index contributed by atoms with van der Waals surface area (Å²) < 4.78 is 41.2. The van der Waals surface area contributed by atoms with Crippen molar-refractivity contribution in [3.8, 4) is 16.9 Å². The second-order valence-electron chi connectivity index (χ2n) is 8.02. The molecule has 3 aromatic carbocycles. The van der Waals surface area contributed by atoms with Crippen molar-refractivity contribution in [2.45, 2.75) is 51.3 Å². The minimum absolute atomic E-state index is 0.195. The Hall–Kier alpha value is -2.49. The van der Waals surface area contributed by atoms with Gasteiger partial charge in [0.15, 0.2) is 0 Å². The molecule has 0 aliphatic heterocycles. The van der Waals surface area contributed by atoms with E-state index >= 15 is 0 Å². The quantitative estimate of drug-likeness (QED) is 0.431. The molecule has 0 bridgehead atoms. The van der Waals surface area contributed by atoms with E-state index in [0.29, 0.717) is 5.92 Å². The summed E-state index contributed by atoms with van der Waals surface area (Å²) in [6.07, 6.45) is 1.82. The summed E-state index contributed by atoms with van der Waals surface area (Å²) >= 11 is 0. The highest BCUT2D eigenvalue weighted by Crippen LogP contribution is 2.37. The number of ether oxygens (including phenoxy) is 1. The van der Waals surface area contributed by atoms with Crippen LogP contribution < -0.4 is 4.74 Å². The average Bonchev–Trinajstić information content (AvgIpc) is 2.72. The molecule has 4 heteroatoms. The highest BCUT2D eigenvalue weighted by Gasteiger charge is 2.31. The lowest BCUT2D eigenvalue weighted by Crippen LogP contribution is -2.16. The van der Waals surface area contributed by atoms with Gasteiger partial charge in [-0.1, -0.05) is 55.8 Å². The first kappa shape index (κ1) is 19.8. The second kappa shape index (κ2) is 8.10. The number of benzene rings is 3. The van der Waals surface area contributed by atoms with E-state index in [9.17, 15) is 13.2 Å². The Morgan fingerprint density at radius 1 is 0.793 bits per heavy atom. The molecule has 0 radical (unpaired) electrons. The number of hydrogen-bond donors (Lipinski definition) is 0.